The van der Waals surface area contributed by atoms with E-state index in [1.54, 1.807) is 6.92 Å². The second-order valence-electron chi connectivity index (χ2n) is 2.93. The van der Waals surface area contributed by atoms with E-state index in [2.05, 4.69) is 9.97 Å². The summed E-state index contributed by atoms with van der Waals surface area (Å²) in [6, 6.07) is 0. The standard InChI is InChI=1S/C8H12N2O4/c1-4-2-9-3-5(10-4)6(11)7(12)8(13)14/h2-3,6-8,11-14H,1H3/t6-,7-/m1/s1. The number of hydrogen-bond acceptors (Lipinski definition) is 6. The monoisotopic (exact) mass is 200 g/mol. The van der Waals surface area contributed by atoms with Gasteiger partial charge in [0.2, 0.25) is 0 Å². The molecule has 0 aromatic carbocycles. The van der Waals surface area contributed by atoms with Crippen LogP contribution in [0.1, 0.15) is 17.5 Å². The lowest BCUT2D eigenvalue weighted by atomic mass is 10.1. The first kappa shape index (κ1) is 11.0. The minimum absolute atomic E-state index is 0.102. The Hall–Kier alpha value is -1.08. The van der Waals surface area contributed by atoms with Gasteiger partial charge in [0.15, 0.2) is 6.29 Å². The van der Waals surface area contributed by atoms with E-state index in [-0.39, 0.29) is 5.69 Å². The van der Waals surface area contributed by atoms with Crippen molar-refractivity contribution in [2.45, 2.75) is 25.4 Å². The van der Waals surface area contributed by atoms with Crippen molar-refractivity contribution in [2.24, 2.45) is 0 Å². The van der Waals surface area contributed by atoms with Crippen LogP contribution in [0, 0.1) is 6.92 Å². The zero-order valence-corrected chi connectivity index (χ0v) is 7.57. The molecule has 0 aliphatic carbocycles. The minimum atomic E-state index is -2.01. The normalized spacial score (nSPS) is 15.6. The van der Waals surface area contributed by atoms with Gasteiger partial charge in [0.25, 0.3) is 0 Å². The predicted molar refractivity (Wildman–Crippen MR) is 46.0 cm³/mol. The quantitative estimate of drug-likeness (QED) is 0.442. The van der Waals surface area contributed by atoms with Crippen molar-refractivity contribution in [3.05, 3.63) is 23.8 Å². The Morgan fingerprint density at radius 3 is 2.29 bits per heavy atom. The Morgan fingerprint density at radius 1 is 1.14 bits per heavy atom. The fraction of sp³-hybridized carbons (Fsp3) is 0.500. The summed E-state index contributed by atoms with van der Waals surface area (Å²) in [6.45, 7) is 1.67. The lowest BCUT2D eigenvalue weighted by Crippen LogP contribution is -2.32. The molecule has 0 saturated heterocycles. The highest BCUT2D eigenvalue weighted by Gasteiger charge is 2.25. The van der Waals surface area contributed by atoms with Crippen molar-refractivity contribution in [3.8, 4) is 0 Å². The first-order valence-corrected chi connectivity index (χ1v) is 4.03. The van der Waals surface area contributed by atoms with Gasteiger partial charge in [-0.15, -0.1) is 0 Å². The third kappa shape index (κ3) is 2.46. The summed E-state index contributed by atoms with van der Waals surface area (Å²) in [5.41, 5.74) is 0.673. The Bertz CT molecular complexity index is 305. The van der Waals surface area contributed by atoms with E-state index in [4.69, 9.17) is 15.3 Å². The van der Waals surface area contributed by atoms with Crippen molar-refractivity contribution in [1.82, 2.24) is 9.97 Å². The highest BCUT2D eigenvalue weighted by molar-refractivity contribution is 5.06. The Morgan fingerprint density at radius 2 is 1.79 bits per heavy atom. The van der Waals surface area contributed by atoms with Crippen LogP contribution in [0.15, 0.2) is 12.4 Å². The summed E-state index contributed by atoms with van der Waals surface area (Å²) in [5, 5.41) is 35.8. The number of aliphatic hydroxyl groups is 4. The van der Waals surface area contributed by atoms with Gasteiger partial charge in [0.1, 0.15) is 12.2 Å². The zero-order valence-electron chi connectivity index (χ0n) is 7.57. The van der Waals surface area contributed by atoms with E-state index < -0.39 is 18.5 Å². The first-order chi connectivity index (χ1) is 6.52. The molecule has 2 atom stereocenters. The molecule has 0 aliphatic heterocycles. The van der Waals surface area contributed by atoms with Crippen LogP contribution in [0.25, 0.3) is 0 Å². The fourth-order valence-corrected chi connectivity index (χ4v) is 0.963. The highest BCUT2D eigenvalue weighted by atomic mass is 16.5. The van der Waals surface area contributed by atoms with Crippen LogP contribution in [-0.4, -0.2) is 42.8 Å². The van der Waals surface area contributed by atoms with Gasteiger partial charge in [0, 0.05) is 6.20 Å². The maximum atomic E-state index is 9.41. The van der Waals surface area contributed by atoms with Crippen LogP contribution in [0.5, 0.6) is 0 Å². The van der Waals surface area contributed by atoms with Gasteiger partial charge >= 0.3 is 0 Å². The molecule has 0 radical (unpaired) electrons. The molecule has 4 N–H and O–H groups in total. The average molecular weight is 200 g/mol. The topological polar surface area (TPSA) is 107 Å². The lowest BCUT2D eigenvalue weighted by Gasteiger charge is -2.18. The largest absolute Gasteiger partial charge is 0.385 e. The van der Waals surface area contributed by atoms with Crippen LogP contribution in [0.4, 0.5) is 0 Å². The lowest BCUT2D eigenvalue weighted by molar-refractivity contribution is -0.159. The smallest absolute Gasteiger partial charge is 0.181 e. The molecular weight excluding hydrogens is 188 g/mol. The van der Waals surface area contributed by atoms with Gasteiger partial charge in [-0.05, 0) is 6.92 Å². The predicted octanol–water partition coefficient (Wildman–Crippen LogP) is -1.51. The summed E-state index contributed by atoms with van der Waals surface area (Å²) >= 11 is 0. The Labute approximate surface area is 80.5 Å². The van der Waals surface area contributed by atoms with Crippen LogP contribution in [0.3, 0.4) is 0 Å². The molecule has 0 bridgehead atoms. The first-order valence-electron chi connectivity index (χ1n) is 4.03. The van der Waals surface area contributed by atoms with Gasteiger partial charge in [-0.25, -0.2) is 0 Å². The van der Waals surface area contributed by atoms with E-state index in [0.717, 1.165) is 0 Å². The van der Waals surface area contributed by atoms with Crippen molar-refractivity contribution >= 4 is 0 Å². The van der Waals surface area contributed by atoms with E-state index >= 15 is 0 Å². The molecule has 0 saturated carbocycles. The molecule has 0 amide bonds. The number of hydrogen-bond donors (Lipinski definition) is 4. The third-order valence-electron chi connectivity index (χ3n) is 1.71. The van der Waals surface area contributed by atoms with E-state index in [0.29, 0.717) is 5.69 Å². The second kappa shape index (κ2) is 4.43. The molecular formula is C8H12N2O4. The molecule has 0 aliphatic rings. The maximum Gasteiger partial charge on any atom is 0.181 e. The number of aliphatic hydroxyl groups excluding tert-OH is 3. The van der Waals surface area contributed by atoms with E-state index in [1.807, 2.05) is 0 Å². The van der Waals surface area contributed by atoms with Crippen molar-refractivity contribution in [2.75, 3.05) is 0 Å². The molecule has 6 heteroatoms. The molecule has 1 rings (SSSR count). The van der Waals surface area contributed by atoms with Gasteiger partial charge in [-0.1, -0.05) is 0 Å². The minimum Gasteiger partial charge on any atom is -0.385 e. The summed E-state index contributed by atoms with van der Waals surface area (Å²) in [6.07, 6.45) is -2.41. The molecule has 0 fully saturated rings. The fourth-order valence-electron chi connectivity index (χ4n) is 0.963. The number of aryl methyl sites for hydroxylation is 1. The van der Waals surface area contributed by atoms with Crippen molar-refractivity contribution in [3.63, 3.8) is 0 Å². The SMILES string of the molecule is Cc1cncc([C@@H](O)[C@@H](O)C(O)O)n1. The molecule has 1 aromatic rings. The van der Waals surface area contributed by atoms with Gasteiger partial charge in [-0.2, -0.15) is 0 Å². The second-order valence-corrected chi connectivity index (χ2v) is 2.93. The van der Waals surface area contributed by atoms with Crippen LogP contribution < -0.4 is 0 Å². The summed E-state index contributed by atoms with van der Waals surface area (Å²) in [7, 11) is 0. The van der Waals surface area contributed by atoms with Crippen LogP contribution in [0.2, 0.25) is 0 Å². The molecule has 1 heterocycles. The summed E-state index contributed by atoms with van der Waals surface area (Å²) < 4.78 is 0. The molecule has 1 aromatic heterocycles. The van der Waals surface area contributed by atoms with Gasteiger partial charge < -0.3 is 20.4 Å². The van der Waals surface area contributed by atoms with Gasteiger partial charge in [-0.3, -0.25) is 9.97 Å². The average Bonchev–Trinajstić information content (AvgIpc) is 2.15. The van der Waals surface area contributed by atoms with Crippen molar-refractivity contribution in [1.29, 1.82) is 0 Å². The summed E-state index contributed by atoms with van der Waals surface area (Å²) in [5.74, 6) is 0. The van der Waals surface area contributed by atoms with Crippen LogP contribution in [-0.2, 0) is 0 Å². The molecule has 0 unspecified atom stereocenters. The van der Waals surface area contributed by atoms with Crippen LogP contribution >= 0.6 is 0 Å². The summed E-state index contributed by atoms with van der Waals surface area (Å²) in [4.78, 5) is 7.63. The molecule has 78 valence electrons. The number of rotatable bonds is 3. The maximum absolute atomic E-state index is 9.41. The number of nitrogens with zero attached hydrogens (tertiary/aromatic N) is 2. The zero-order chi connectivity index (χ0) is 10.7. The Balaban J connectivity index is 2.83. The Kier molecular flexibility index (Phi) is 3.48. The van der Waals surface area contributed by atoms with Crippen molar-refractivity contribution < 1.29 is 20.4 Å². The van der Waals surface area contributed by atoms with E-state index in [1.165, 1.54) is 12.4 Å². The third-order valence-corrected chi connectivity index (χ3v) is 1.71. The number of aromatic nitrogens is 2. The van der Waals surface area contributed by atoms with Gasteiger partial charge in [0.05, 0.1) is 17.6 Å². The molecule has 14 heavy (non-hydrogen) atoms. The molecule has 0 spiro atoms. The van der Waals surface area contributed by atoms with E-state index in [9.17, 15) is 5.11 Å². The highest BCUT2D eigenvalue weighted by Crippen LogP contribution is 2.15. The molecule has 6 nitrogen and oxygen atoms in total.